The maximum absolute atomic E-state index is 11.9. The second-order valence-electron chi connectivity index (χ2n) is 7.55. The van der Waals surface area contributed by atoms with Crippen molar-refractivity contribution >= 4 is 40.5 Å². The summed E-state index contributed by atoms with van der Waals surface area (Å²) in [5.41, 5.74) is 2.99. The predicted molar refractivity (Wildman–Crippen MR) is 130 cm³/mol. The van der Waals surface area contributed by atoms with Gasteiger partial charge in [0.05, 0.1) is 16.5 Å². The lowest BCUT2D eigenvalue weighted by molar-refractivity contribution is -0.115. The first-order valence-corrected chi connectivity index (χ1v) is 11.6. The van der Waals surface area contributed by atoms with Gasteiger partial charge in [0.2, 0.25) is 0 Å². The van der Waals surface area contributed by atoms with Crippen LogP contribution in [-0.2, 0) is 4.79 Å². The first kappa shape index (κ1) is 24.0. The monoisotopic (exact) mass is 474 g/mol. The van der Waals surface area contributed by atoms with Gasteiger partial charge in [0.25, 0.3) is 5.91 Å². The minimum atomic E-state index is -0.302. The van der Waals surface area contributed by atoms with E-state index in [9.17, 15) is 4.79 Å². The maximum atomic E-state index is 11.9. The molecule has 6 nitrogen and oxygen atoms in total. The predicted octanol–water partition coefficient (Wildman–Crippen LogP) is 5.77. The summed E-state index contributed by atoms with van der Waals surface area (Å²) in [4.78, 5) is 12.3. The molecule has 0 unspecified atom stereocenters. The highest BCUT2D eigenvalue weighted by atomic mass is 35.5. The van der Waals surface area contributed by atoms with E-state index in [4.69, 9.17) is 31.2 Å². The number of carbonyl (C=O) groups is 1. The number of hydrogen-bond donors (Lipinski definition) is 2. The molecule has 2 aromatic rings. The topological polar surface area (TPSA) is 80.6 Å². The summed E-state index contributed by atoms with van der Waals surface area (Å²) >= 11 is 7.55. The Bertz CT molecular complexity index is 1050. The second-order valence-corrected chi connectivity index (χ2v) is 9.01. The number of carbonyl (C=O) groups excluding carboxylic acids is 1. The second kappa shape index (κ2) is 10.8. The molecule has 2 aromatic carbocycles. The number of benzene rings is 2. The van der Waals surface area contributed by atoms with Crippen LogP contribution in [0.25, 0.3) is 6.08 Å². The third kappa shape index (κ3) is 5.99. The van der Waals surface area contributed by atoms with E-state index in [1.807, 2.05) is 19.9 Å². The molecule has 0 aliphatic carbocycles. The van der Waals surface area contributed by atoms with Crippen molar-refractivity contribution in [1.29, 1.82) is 5.41 Å². The van der Waals surface area contributed by atoms with Crippen molar-refractivity contribution in [2.75, 3.05) is 19.8 Å². The summed E-state index contributed by atoms with van der Waals surface area (Å²) in [7, 11) is 0. The molecule has 0 saturated carbocycles. The summed E-state index contributed by atoms with van der Waals surface area (Å²) < 4.78 is 17.6. The number of hydrogen-bond acceptors (Lipinski definition) is 6. The number of rotatable bonds is 9. The van der Waals surface area contributed by atoms with Gasteiger partial charge in [-0.1, -0.05) is 37.6 Å². The number of aryl methyl sites for hydroxylation is 1. The molecule has 1 saturated heterocycles. The third-order valence-electron chi connectivity index (χ3n) is 4.67. The highest BCUT2D eigenvalue weighted by Gasteiger charge is 2.23. The summed E-state index contributed by atoms with van der Waals surface area (Å²) in [5.74, 6) is 1.84. The van der Waals surface area contributed by atoms with Crippen molar-refractivity contribution in [3.05, 3.63) is 56.9 Å². The molecule has 0 radical (unpaired) electrons. The van der Waals surface area contributed by atoms with Gasteiger partial charge in [0, 0.05) is 0 Å². The highest BCUT2D eigenvalue weighted by Crippen LogP contribution is 2.38. The molecular weight excluding hydrogens is 448 g/mol. The molecule has 1 amide bonds. The Labute approximate surface area is 197 Å². The minimum Gasteiger partial charge on any atom is -0.490 e. The van der Waals surface area contributed by atoms with Crippen LogP contribution in [0.5, 0.6) is 17.2 Å². The van der Waals surface area contributed by atoms with E-state index < -0.39 is 0 Å². The normalized spacial score (nSPS) is 14.8. The summed E-state index contributed by atoms with van der Waals surface area (Å²) in [6.45, 7) is 9.26. The summed E-state index contributed by atoms with van der Waals surface area (Å²) in [5, 5.41) is 10.5. The SMILES string of the molecule is CCOc1cc(/C=C2\SC(=N)NC2=O)cc(Cl)c1OCCOc1cc(C)ccc1C(C)C. The van der Waals surface area contributed by atoms with Crippen molar-refractivity contribution in [2.24, 2.45) is 0 Å². The van der Waals surface area contributed by atoms with E-state index in [1.54, 1.807) is 18.2 Å². The molecule has 2 N–H and O–H groups in total. The molecule has 170 valence electrons. The van der Waals surface area contributed by atoms with E-state index in [0.29, 0.717) is 52.7 Å². The number of amidine groups is 1. The van der Waals surface area contributed by atoms with Gasteiger partial charge in [0.1, 0.15) is 19.0 Å². The van der Waals surface area contributed by atoms with Crippen molar-refractivity contribution in [3.8, 4) is 17.2 Å². The molecule has 1 aliphatic rings. The zero-order valence-electron chi connectivity index (χ0n) is 18.6. The molecule has 1 fully saturated rings. The Balaban J connectivity index is 1.71. The Morgan fingerprint density at radius 2 is 1.88 bits per heavy atom. The Kier molecular flexibility index (Phi) is 8.10. The van der Waals surface area contributed by atoms with Gasteiger partial charge in [-0.25, -0.2) is 0 Å². The highest BCUT2D eigenvalue weighted by molar-refractivity contribution is 8.18. The van der Waals surface area contributed by atoms with Crippen LogP contribution in [0, 0.1) is 12.3 Å². The summed E-state index contributed by atoms with van der Waals surface area (Å²) in [6, 6.07) is 9.69. The van der Waals surface area contributed by atoms with E-state index in [1.165, 1.54) is 0 Å². The van der Waals surface area contributed by atoms with Crippen LogP contribution in [0.15, 0.2) is 35.2 Å². The van der Waals surface area contributed by atoms with Crippen molar-refractivity contribution in [1.82, 2.24) is 5.32 Å². The van der Waals surface area contributed by atoms with E-state index in [2.05, 4.69) is 31.3 Å². The van der Waals surface area contributed by atoms with Crippen LogP contribution < -0.4 is 19.5 Å². The van der Waals surface area contributed by atoms with Crippen LogP contribution in [-0.4, -0.2) is 30.9 Å². The molecular formula is C24H27ClN2O4S. The van der Waals surface area contributed by atoms with Crippen molar-refractivity contribution < 1.29 is 19.0 Å². The minimum absolute atomic E-state index is 0.103. The zero-order chi connectivity index (χ0) is 23.3. The van der Waals surface area contributed by atoms with E-state index >= 15 is 0 Å². The molecule has 0 bridgehead atoms. The smallest absolute Gasteiger partial charge is 0.264 e. The summed E-state index contributed by atoms with van der Waals surface area (Å²) in [6.07, 6.45) is 1.67. The zero-order valence-corrected chi connectivity index (χ0v) is 20.2. The van der Waals surface area contributed by atoms with E-state index in [-0.39, 0.29) is 11.1 Å². The number of ether oxygens (including phenoxy) is 3. The molecule has 32 heavy (non-hydrogen) atoms. The fourth-order valence-electron chi connectivity index (χ4n) is 3.21. The third-order valence-corrected chi connectivity index (χ3v) is 5.78. The number of halogens is 1. The molecule has 1 aliphatic heterocycles. The number of thioether (sulfide) groups is 1. The number of nitrogens with one attached hydrogen (secondary N) is 2. The van der Waals surface area contributed by atoms with Crippen LogP contribution >= 0.6 is 23.4 Å². The van der Waals surface area contributed by atoms with Gasteiger partial charge in [-0.2, -0.15) is 0 Å². The van der Waals surface area contributed by atoms with Gasteiger partial charge in [-0.15, -0.1) is 0 Å². The Morgan fingerprint density at radius 3 is 2.53 bits per heavy atom. The van der Waals surface area contributed by atoms with Gasteiger partial charge < -0.3 is 19.5 Å². The fourth-order valence-corrected chi connectivity index (χ4v) is 4.18. The fraction of sp³-hybridized carbons (Fsp3) is 0.333. The van der Waals surface area contributed by atoms with Crippen LogP contribution in [0.4, 0.5) is 0 Å². The van der Waals surface area contributed by atoms with Crippen LogP contribution in [0.3, 0.4) is 0 Å². The molecule has 8 heteroatoms. The standard InChI is InChI=1S/C24H27ClN2O4S/c1-5-29-20-12-16(13-21-23(28)27-24(26)32-21)11-18(25)22(20)31-9-8-30-19-10-15(4)6-7-17(19)14(2)3/h6-7,10-14H,5,8-9H2,1-4H3,(H2,26,27,28)/b21-13-. The lowest BCUT2D eigenvalue weighted by Gasteiger charge is -2.17. The average Bonchev–Trinajstić information content (AvgIpc) is 3.03. The van der Waals surface area contributed by atoms with Gasteiger partial charge in [0.15, 0.2) is 16.7 Å². The Morgan fingerprint density at radius 1 is 1.12 bits per heavy atom. The van der Waals surface area contributed by atoms with Crippen molar-refractivity contribution in [2.45, 2.75) is 33.6 Å². The van der Waals surface area contributed by atoms with Gasteiger partial charge in [-0.05, 0) is 72.5 Å². The quantitative estimate of drug-likeness (QED) is 0.356. The lowest BCUT2D eigenvalue weighted by atomic mass is 10.0. The molecule has 0 atom stereocenters. The molecule has 0 aromatic heterocycles. The molecule has 0 spiro atoms. The van der Waals surface area contributed by atoms with E-state index in [0.717, 1.165) is 28.6 Å². The van der Waals surface area contributed by atoms with Crippen molar-refractivity contribution in [3.63, 3.8) is 0 Å². The average molecular weight is 475 g/mol. The molecule has 1 heterocycles. The maximum Gasteiger partial charge on any atom is 0.264 e. The van der Waals surface area contributed by atoms with Crippen LogP contribution in [0.2, 0.25) is 5.02 Å². The Hall–Kier alpha value is -2.64. The molecule has 3 rings (SSSR count). The van der Waals surface area contributed by atoms with Gasteiger partial charge >= 0.3 is 0 Å². The van der Waals surface area contributed by atoms with Gasteiger partial charge in [-0.3, -0.25) is 10.2 Å². The van der Waals surface area contributed by atoms with Crippen LogP contribution in [0.1, 0.15) is 43.4 Å². The first-order valence-electron chi connectivity index (χ1n) is 10.4. The lowest BCUT2D eigenvalue weighted by Crippen LogP contribution is -2.18. The number of amides is 1. The largest absolute Gasteiger partial charge is 0.490 e. The first-order chi connectivity index (χ1) is 15.3.